The number of anilines is 3. The number of nitrogens with zero attached hydrogens (tertiary/aromatic N) is 2. The van der Waals surface area contributed by atoms with Gasteiger partial charge in [-0.15, -0.1) is 0 Å². The first-order chi connectivity index (χ1) is 14.5. The number of aromatic nitrogens is 3. The Labute approximate surface area is 174 Å². The summed E-state index contributed by atoms with van der Waals surface area (Å²) in [6.07, 6.45) is 2.27. The van der Waals surface area contributed by atoms with Crippen LogP contribution in [0, 0.1) is 19.7 Å². The van der Waals surface area contributed by atoms with Gasteiger partial charge in [0, 0.05) is 29.4 Å². The van der Waals surface area contributed by atoms with Crippen molar-refractivity contribution in [3.05, 3.63) is 71.4 Å². The van der Waals surface area contributed by atoms with Gasteiger partial charge in [-0.2, -0.15) is 0 Å². The normalized spacial score (nSPS) is 10.9. The fourth-order valence-electron chi connectivity index (χ4n) is 3.62. The van der Waals surface area contributed by atoms with Crippen molar-refractivity contribution >= 4 is 28.2 Å². The second-order valence-corrected chi connectivity index (χ2v) is 7.16. The predicted octanol–water partition coefficient (Wildman–Crippen LogP) is 5.12. The highest BCUT2D eigenvalue weighted by Gasteiger charge is 2.13. The summed E-state index contributed by atoms with van der Waals surface area (Å²) in [5.74, 6) is 2.00. The van der Waals surface area contributed by atoms with Crippen molar-refractivity contribution in [3.63, 3.8) is 0 Å². The van der Waals surface area contributed by atoms with Crippen molar-refractivity contribution < 1.29 is 9.13 Å². The zero-order valence-corrected chi connectivity index (χ0v) is 17.2. The molecule has 0 aliphatic heterocycles. The van der Waals surface area contributed by atoms with Crippen LogP contribution in [0.4, 0.5) is 21.7 Å². The van der Waals surface area contributed by atoms with Gasteiger partial charge < -0.3 is 20.4 Å². The molecule has 2 aromatic carbocycles. The van der Waals surface area contributed by atoms with E-state index in [1.165, 1.54) is 12.4 Å². The molecule has 30 heavy (non-hydrogen) atoms. The minimum Gasteiger partial charge on any atom is -0.497 e. The van der Waals surface area contributed by atoms with Gasteiger partial charge in [-0.05, 0) is 61.7 Å². The lowest BCUT2D eigenvalue weighted by molar-refractivity contribution is 0.415. The van der Waals surface area contributed by atoms with Gasteiger partial charge in [-0.1, -0.05) is 6.07 Å². The van der Waals surface area contributed by atoms with Crippen molar-refractivity contribution in [1.29, 1.82) is 0 Å². The van der Waals surface area contributed by atoms with E-state index in [-0.39, 0.29) is 5.82 Å². The summed E-state index contributed by atoms with van der Waals surface area (Å²) < 4.78 is 19.3. The SMILES string of the molecule is COc1ccc(Nc2cc(NCCc3c(C)[nH]c4c(F)ccc(C)c34)ncn2)cc1. The lowest BCUT2D eigenvalue weighted by atomic mass is 10.0. The first-order valence-corrected chi connectivity index (χ1v) is 9.78. The maximum atomic E-state index is 14.1. The van der Waals surface area contributed by atoms with Gasteiger partial charge in [-0.25, -0.2) is 14.4 Å². The molecule has 0 saturated carbocycles. The van der Waals surface area contributed by atoms with Crippen LogP contribution in [0.3, 0.4) is 0 Å². The van der Waals surface area contributed by atoms with Crippen molar-refractivity contribution in [1.82, 2.24) is 15.0 Å². The molecule has 0 radical (unpaired) electrons. The van der Waals surface area contributed by atoms with Crippen LogP contribution in [-0.2, 0) is 6.42 Å². The summed E-state index contributed by atoms with van der Waals surface area (Å²) in [4.78, 5) is 11.7. The van der Waals surface area contributed by atoms with E-state index in [9.17, 15) is 4.39 Å². The van der Waals surface area contributed by atoms with E-state index in [1.807, 2.05) is 50.2 Å². The second-order valence-electron chi connectivity index (χ2n) is 7.16. The fourth-order valence-corrected chi connectivity index (χ4v) is 3.62. The minimum atomic E-state index is -0.219. The van der Waals surface area contributed by atoms with E-state index in [2.05, 4.69) is 25.6 Å². The number of aryl methyl sites for hydroxylation is 2. The van der Waals surface area contributed by atoms with Crippen LogP contribution in [0.1, 0.15) is 16.8 Å². The summed E-state index contributed by atoms with van der Waals surface area (Å²) in [6, 6.07) is 12.8. The van der Waals surface area contributed by atoms with E-state index >= 15 is 0 Å². The molecule has 2 heterocycles. The quantitative estimate of drug-likeness (QED) is 0.398. The van der Waals surface area contributed by atoms with Gasteiger partial charge >= 0.3 is 0 Å². The molecule has 0 aliphatic rings. The number of fused-ring (bicyclic) bond motifs is 1. The Morgan fingerprint density at radius 2 is 1.80 bits per heavy atom. The number of ether oxygens (including phenoxy) is 1. The average Bonchev–Trinajstić information content (AvgIpc) is 3.09. The number of benzene rings is 2. The van der Waals surface area contributed by atoms with Gasteiger partial charge in [0.05, 0.1) is 12.6 Å². The molecular formula is C23H24FN5O. The standard InChI is InChI=1S/C23H24FN5O/c1-14-4-9-19(24)23-22(14)18(15(2)28-23)10-11-25-20-12-21(27-13-26-20)29-16-5-7-17(30-3)8-6-16/h4-9,12-13,28H,10-11H2,1-3H3,(H2,25,26,27,29). The first kappa shape index (κ1) is 19.7. The maximum absolute atomic E-state index is 14.1. The zero-order valence-electron chi connectivity index (χ0n) is 17.2. The van der Waals surface area contributed by atoms with Crippen LogP contribution in [-0.4, -0.2) is 28.6 Å². The van der Waals surface area contributed by atoms with Crippen LogP contribution < -0.4 is 15.4 Å². The first-order valence-electron chi connectivity index (χ1n) is 9.78. The Morgan fingerprint density at radius 1 is 1.03 bits per heavy atom. The maximum Gasteiger partial charge on any atom is 0.147 e. The van der Waals surface area contributed by atoms with Gasteiger partial charge in [0.15, 0.2) is 0 Å². The molecule has 0 saturated heterocycles. The molecule has 0 amide bonds. The highest BCUT2D eigenvalue weighted by molar-refractivity contribution is 5.88. The van der Waals surface area contributed by atoms with Crippen LogP contribution in [0.5, 0.6) is 5.75 Å². The predicted molar refractivity (Wildman–Crippen MR) is 118 cm³/mol. The fraction of sp³-hybridized carbons (Fsp3) is 0.217. The zero-order chi connectivity index (χ0) is 21.1. The van der Waals surface area contributed by atoms with Crippen LogP contribution in [0.25, 0.3) is 10.9 Å². The van der Waals surface area contributed by atoms with Crippen molar-refractivity contribution in [2.75, 3.05) is 24.3 Å². The molecular weight excluding hydrogens is 381 g/mol. The molecule has 0 spiro atoms. The van der Waals surface area contributed by atoms with Crippen molar-refractivity contribution in [3.8, 4) is 5.75 Å². The molecule has 3 N–H and O–H groups in total. The third kappa shape index (κ3) is 4.05. The third-order valence-electron chi connectivity index (χ3n) is 5.14. The van der Waals surface area contributed by atoms with Crippen LogP contribution in [0.2, 0.25) is 0 Å². The molecule has 0 atom stereocenters. The highest BCUT2D eigenvalue weighted by atomic mass is 19.1. The number of halogens is 1. The summed E-state index contributed by atoms with van der Waals surface area (Å²) in [5, 5.41) is 7.56. The number of aromatic amines is 1. The van der Waals surface area contributed by atoms with Gasteiger partial charge in [0.1, 0.15) is 29.5 Å². The molecule has 0 aliphatic carbocycles. The number of rotatable bonds is 7. The topological polar surface area (TPSA) is 74.9 Å². The Kier molecular flexibility index (Phi) is 5.52. The van der Waals surface area contributed by atoms with E-state index in [0.29, 0.717) is 17.9 Å². The number of hydrogen-bond acceptors (Lipinski definition) is 5. The number of nitrogens with one attached hydrogen (secondary N) is 3. The molecule has 4 aromatic rings. The van der Waals surface area contributed by atoms with E-state index in [4.69, 9.17) is 4.74 Å². The molecule has 6 nitrogen and oxygen atoms in total. The Bertz CT molecular complexity index is 1170. The van der Waals surface area contributed by atoms with E-state index in [0.717, 1.165) is 45.9 Å². The van der Waals surface area contributed by atoms with Gasteiger partial charge in [-0.3, -0.25) is 0 Å². The summed E-state index contributed by atoms with van der Waals surface area (Å²) in [7, 11) is 1.64. The number of hydrogen-bond donors (Lipinski definition) is 3. The Morgan fingerprint density at radius 3 is 2.57 bits per heavy atom. The molecule has 7 heteroatoms. The Balaban J connectivity index is 1.44. The molecule has 154 valence electrons. The second kappa shape index (κ2) is 8.41. The molecule has 0 fully saturated rings. The Hall–Kier alpha value is -3.61. The number of methoxy groups -OCH3 is 1. The lowest BCUT2D eigenvalue weighted by Gasteiger charge is -2.10. The summed E-state index contributed by atoms with van der Waals surface area (Å²) in [5.41, 5.74) is 4.67. The molecule has 0 unspecified atom stereocenters. The van der Waals surface area contributed by atoms with Crippen molar-refractivity contribution in [2.45, 2.75) is 20.3 Å². The van der Waals surface area contributed by atoms with E-state index < -0.39 is 0 Å². The smallest absolute Gasteiger partial charge is 0.147 e. The van der Waals surface area contributed by atoms with Gasteiger partial charge in [0.25, 0.3) is 0 Å². The largest absolute Gasteiger partial charge is 0.497 e. The summed E-state index contributed by atoms with van der Waals surface area (Å²) >= 11 is 0. The number of H-pyrrole nitrogens is 1. The average molecular weight is 405 g/mol. The molecule has 0 bridgehead atoms. The monoisotopic (exact) mass is 405 g/mol. The minimum absolute atomic E-state index is 0.219. The molecule has 4 rings (SSSR count). The lowest BCUT2D eigenvalue weighted by Crippen LogP contribution is -2.08. The highest BCUT2D eigenvalue weighted by Crippen LogP contribution is 2.28. The third-order valence-corrected chi connectivity index (χ3v) is 5.14. The summed E-state index contributed by atoms with van der Waals surface area (Å²) in [6.45, 7) is 4.66. The van der Waals surface area contributed by atoms with Crippen LogP contribution >= 0.6 is 0 Å². The molecule has 2 aromatic heterocycles. The van der Waals surface area contributed by atoms with Crippen LogP contribution in [0.15, 0.2) is 48.8 Å². The van der Waals surface area contributed by atoms with Gasteiger partial charge in [0.2, 0.25) is 0 Å². The van der Waals surface area contributed by atoms with Crippen molar-refractivity contribution in [2.24, 2.45) is 0 Å². The van der Waals surface area contributed by atoms with E-state index in [1.54, 1.807) is 7.11 Å².